The van der Waals surface area contributed by atoms with E-state index < -0.39 is 11.4 Å². The molecular weight excluding hydrogens is 282 g/mol. The molecule has 0 aliphatic carbocycles. The van der Waals surface area contributed by atoms with Gasteiger partial charge in [0.15, 0.2) is 0 Å². The first-order valence-electron chi connectivity index (χ1n) is 7.58. The molecule has 0 aromatic heterocycles. The summed E-state index contributed by atoms with van der Waals surface area (Å²) in [5.74, 6) is -0.916. The van der Waals surface area contributed by atoms with Crippen LogP contribution in [0.4, 0.5) is 0 Å². The van der Waals surface area contributed by atoms with Crippen molar-refractivity contribution >= 4 is 11.9 Å². The number of carbonyl (C=O) groups is 2. The first kappa shape index (κ1) is 16.5. The number of amides is 1. The van der Waals surface area contributed by atoms with Crippen LogP contribution >= 0.6 is 0 Å². The van der Waals surface area contributed by atoms with Gasteiger partial charge in [0.2, 0.25) is 5.91 Å². The van der Waals surface area contributed by atoms with E-state index in [1.165, 1.54) is 12.7 Å². The molecule has 1 atom stereocenters. The van der Waals surface area contributed by atoms with Gasteiger partial charge < -0.3 is 14.7 Å². The van der Waals surface area contributed by atoms with Crippen LogP contribution in [0.1, 0.15) is 24.5 Å². The normalized spacial score (nSPS) is 21.1. The summed E-state index contributed by atoms with van der Waals surface area (Å²) in [6.45, 7) is 2.92. The maximum atomic E-state index is 12.4. The Bertz CT molecular complexity index is 540. The zero-order chi connectivity index (χ0) is 16.2. The van der Waals surface area contributed by atoms with Gasteiger partial charge in [-0.05, 0) is 24.0 Å². The minimum Gasteiger partial charge on any atom is -0.481 e. The van der Waals surface area contributed by atoms with Crippen LogP contribution in [0.5, 0.6) is 0 Å². The molecule has 1 unspecified atom stereocenters. The number of aryl methyl sites for hydroxylation is 1. The van der Waals surface area contributed by atoms with Crippen LogP contribution in [-0.2, 0) is 27.2 Å². The Hall–Kier alpha value is -1.88. The van der Waals surface area contributed by atoms with Crippen molar-refractivity contribution in [3.05, 3.63) is 35.4 Å². The molecule has 1 amide bonds. The van der Waals surface area contributed by atoms with Gasteiger partial charge in [0.05, 0.1) is 13.0 Å². The molecule has 22 heavy (non-hydrogen) atoms. The summed E-state index contributed by atoms with van der Waals surface area (Å²) in [6.07, 6.45) is 1.72. The van der Waals surface area contributed by atoms with Crippen molar-refractivity contribution in [2.24, 2.45) is 5.41 Å². The maximum Gasteiger partial charge on any atom is 0.313 e. The number of carboxylic acid groups (broad SMARTS) is 1. The second kappa shape index (κ2) is 6.92. The number of rotatable bonds is 6. The number of likely N-dealkylation sites (tertiary alicyclic amines) is 1. The highest BCUT2D eigenvalue weighted by Gasteiger charge is 2.46. The van der Waals surface area contributed by atoms with Gasteiger partial charge in [-0.25, -0.2) is 0 Å². The Kier molecular flexibility index (Phi) is 5.19. The zero-order valence-electron chi connectivity index (χ0n) is 13.2. The van der Waals surface area contributed by atoms with E-state index in [1.54, 1.807) is 4.90 Å². The third-order valence-corrected chi connectivity index (χ3v) is 4.37. The third kappa shape index (κ3) is 3.47. The minimum absolute atomic E-state index is 0.0246. The molecule has 1 aromatic carbocycles. The minimum atomic E-state index is -0.962. The number of carbonyl (C=O) groups excluding carboxylic acids is 1. The van der Waals surface area contributed by atoms with Crippen molar-refractivity contribution in [1.29, 1.82) is 0 Å². The number of ether oxygens (including phenoxy) is 1. The van der Waals surface area contributed by atoms with Crippen molar-refractivity contribution in [2.75, 3.05) is 26.8 Å². The van der Waals surface area contributed by atoms with Crippen molar-refractivity contribution in [3.63, 3.8) is 0 Å². The van der Waals surface area contributed by atoms with Crippen molar-refractivity contribution in [3.8, 4) is 0 Å². The summed E-state index contributed by atoms with van der Waals surface area (Å²) in [5, 5.41) is 9.42. The standard InChI is InChI=1S/C17H23NO4/c1-3-13-4-6-14(7-5-13)10-15(19)18-9-8-17(11-18,12-22-2)16(20)21/h4-7H,3,8-12H2,1-2H3,(H,20,21). The molecule has 1 fully saturated rings. The molecule has 1 aliphatic heterocycles. The SMILES string of the molecule is CCc1ccc(CC(=O)N2CCC(COC)(C(=O)O)C2)cc1. The van der Waals surface area contributed by atoms with E-state index in [4.69, 9.17) is 4.74 Å². The molecule has 120 valence electrons. The van der Waals surface area contributed by atoms with Gasteiger partial charge >= 0.3 is 5.97 Å². The molecule has 0 saturated carbocycles. The first-order chi connectivity index (χ1) is 10.5. The lowest BCUT2D eigenvalue weighted by molar-refractivity contribution is -0.151. The number of nitrogens with zero attached hydrogens (tertiary/aromatic N) is 1. The number of methoxy groups -OCH3 is 1. The smallest absolute Gasteiger partial charge is 0.313 e. The monoisotopic (exact) mass is 305 g/mol. The number of hydrogen-bond donors (Lipinski definition) is 1. The predicted octanol–water partition coefficient (Wildman–Crippen LogP) is 1.74. The molecule has 0 bridgehead atoms. The van der Waals surface area contributed by atoms with Crippen molar-refractivity contribution < 1.29 is 19.4 Å². The Morgan fingerprint density at radius 3 is 2.45 bits per heavy atom. The molecule has 1 aromatic rings. The van der Waals surface area contributed by atoms with Crippen molar-refractivity contribution in [1.82, 2.24) is 4.90 Å². The van der Waals surface area contributed by atoms with E-state index in [9.17, 15) is 14.7 Å². The highest BCUT2D eigenvalue weighted by Crippen LogP contribution is 2.31. The number of carboxylic acids is 1. The highest BCUT2D eigenvalue weighted by molar-refractivity contribution is 5.82. The second-order valence-electron chi connectivity index (χ2n) is 5.93. The van der Waals surface area contributed by atoms with E-state index in [1.807, 2.05) is 24.3 Å². The summed E-state index contributed by atoms with van der Waals surface area (Å²) < 4.78 is 5.04. The quantitative estimate of drug-likeness (QED) is 0.869. The third-order valence-electron chi connectivity index (χ3n) is 4.37. The van der Waals surface area contributed by atoms with Crippen LogP contribution in [0.25, 0.3) is 0 Å². The number of aliphatic carboxylic acids is 1. The molecule has 5 nitrogen and oxygen atoms in total. The molecule has 1 saturated heterocycles. The fourth-order valence-corrected chi connectivity index (χ4v) is 2.89. The van der Waals surface area contributed by atoms with Gasteiger partial charge in [-0.15, -0.1) is 0 Å². The summed E-state index contributed by atoms with van der Waals surface area (Å²) in [6, 6.07) is 7.98. The zero-order valence-corrected chi connectivity index (χ0v) is 13.2. The lowest BCUT2D eigenvalue weighted by atomic mass is 9.88. The lowest BCUT2D eigenvalue weighted by Gasteiger charge is -2.23. The molecule has 0 radical (unpaired) electrons. The molecule has 0 spiro atoms. The van der Waals surface area contributed by atoms with Crippen LogP contribution in [0.15, 0.2) is 24.3 Å². The van der Waals surface area contributed by atoms with Gasteiger partial charge in [0.1, 0.15) is 5.41 Å². The van der Waals surface area contributed by atoms with E-state index in [2.05, 4.69) is 6.92 Å². The van der Waals surface area contributed by atoms with Gasteiger partial charge in [0.25, 0.3) is 0 Å². The molecule has 1 N–H and O–H groups in total. The van der Waals surface area contributed by atoms with Crippen LogP contribution in [0.2, 0.25) is 0 Å². The fraction of sp³-hybridized carbons (Fsp3) is 0.529. The Morgan fingerprint density at radius 2 is 1.91 bits per heavy atom. The highest BCUT2D eigenvalue weighted by atomic mass is 16.5. The van der Waals surface area contributed by atoms with E-state index >= 15 is 0 Å². The average molecular weight is 305 g/mol. The van der Waals surface area contributed by atoms with Gasteiger partial charge in [-0.2, -0.15) is 0 Å². The Balaban J connectivity index is 2.00. The van der Waals surface area contributed by atoms with Gasteiger partial charge in [-0.3, -0.25) is 9.59 Å². The summed E-state index contributed by atoms with van der Waals surface area (Å²) in [4.78, 5) is 25.5. The molecule has 1 aliphatic rings. The summed E-state index contributed by atoms with van der Waals surface area (Å²) in [7, 11) is 1.49. The number of benzene rings is 1. The average Bonchev–Trinajstić information content (AvgIpc) is 2.94. The lowest BCUT2D eigenvalue weighted by Crippen LogP contribution is -2.40. The second-order valence-corrected chi connectivity index (χ2v) is 5.93. The molecule has 1 heterocycles. The van der Waals surface area contributed by atoms with Crippen LogP contribution < -0.4 is 0 Å². The Labute approximate surface area is 130 Å². The molecular formula is C17H23NO4. The van der Waals surface area contributed by atoms with Crippen LogP contribution in [-0.4, -0.2) is 48.7 Å². The van der Waals surface area contributed by atoms with E-state index in [0.29, 0.717) is 19.4 Å². The summed E-state index contributed by atoms with van der Waals surface area (Å²) in [5.41, 5.74) is 1.24. The maximum absolute atomic E-state index is 12.4. The predicted molar refractivity (Wildman–Crippen MR) is 82.7 cm³/mol. The van der Waals surface area contributed by atoms with Crippen molar-refractivity contribution in [2.45, 2.75) is 26.2 Å². The van der Waals surface area contributed by atoms with Gasteiger partial charge in [-0.1, -0.05) is 31.2 Å². The number of hydrogen-bond acceptors (Lipinski definition) is 3. The largest absolute Gasteiger partial charge is 0.481 e. The first-order valence-corrected chi connectivity index (χ1v) is 7.58. The van der Waals surface area contributed by atoms with E-state index in [0.717, 1.165) is 12.0 Å². The van der Waals surface area contributed by atoms with Crippen LogP contribution in [0, 0.1) is 5.41 Å². The van der Waals surface area contributed by atoms with Gasteiger partial charge in [0, 0.05) is 20.2 Å². The molecule has 5 heteroatoms. The topological polar surface area (TPSA) is 66.8 Å². The van der Waals surface area contributed by atoms with E-state index in [-0.39, 0.29) is 19.1 Å². The van der Waals surface area contributed by atoms with Crippen LogP contribution in [0.3, 0.4) is 0 Å². The fourth-order valence-electron chi connectivity index (χ4n) is 2.89. The Morgan fingerprint density at radius 1 is 1.27 bits per heavy atom. The molecule has 2 rings (SSSR count). The summed E-state index contributed by atoms with van der Waals surface area (Å²) >= 11 is 0.